The van der Waals surface area contributed by atoms with Crippen molar-refractivity contribution in [2.24, 2.45) is 0 Å². The Labute approximate surface area is 179 Å². The monoisotopic (exact) mass is 457 g/mol. The van der Waals surface area contributed by atoms with Gasteiger partial charge in [0.1, 0.15) is 30.0 Å². The van der Waals surface area contributed by atoms with Gasteiger partial charge in [-0.15, -0.1) is 0 Å². The van der Waals surface area contributed by atoms with Gasteiger partial charge in [0.15, 0.2) is 11.3 Å². The average Bonchev–Trinajstić information content (AvgIpc) is 2.67. The van der Waals surface area contributed by atoms with E-state index in [0.29, 0.717) is 51.5 Å². The van der Waals surface area contributed by atoms with Crippen LogP contribution in [0.15, 0.2) is 24.5 Å². The van der Waals surface area contributed by atoms with Gasteiger partial charge in [0.05, 0.1) is 13.1 Å². The van der Waals surface area contributed by atoms with Crippen molar-refractivity contribution in [1.29, 1.82) is 0 Å². The second-order valence-corrected chi connectivity index (χ2v) is 8.93. The van der Waals surface area contributed by atoms with E-state index >= 15 is 0 Å². The summed E-state index contributed by atoms with van der Waals surface area (Å²) in [6.07, 6.45) is 1.39. The first-order chi connectivity index (χ1) is 13.5. The third-order valence-corrected chi connectivity index (χ3v) is 6.29. The predicted octanol–water partition coefficient (Wildman–Crippen LogP) is 3.53. The first kappa shape index (κ1) is 19.7. The van der Waals surface area contributed by atoms with Crippen molar-refractivity contribution < 1.29 is 9.29 Å². The zero-order chi connectivity index (χ0) is 19.7. The number of hydrogen-bond donors (Lipinski definition) is 0. The second kappa shape index (κ2) is 8.42. The van der Waals surface area contributed by atoms with E-state index in [1.165, 1.54) is 6.33 Å². The van der Waals surface area contributed by atoms with Crippen LogP contribution in [0.5, 0.6) is 5.88 Å². The largest absolute Gasteiger partial charge is 0.616 e. The van der Waals surface area contributed by atoms with Crippen LogP contribution in [0.4, 0.5) is 5.82 Å². The van der Waals surface area contributed by atoms with Crippen molar-refractivity contribution in [2.45, 2.75) is 6.61 Å². The zero-order valence-electron chi connectivity index (χ0n) is 14.4. The van der Waals surface area contributed by atoms with Gasteiger partial charge in [-0.3, -0.25) is 0 Å². The van der Waals surface area contributed by atoms with Crippen LogP contribution >= 0.6 is 34.8 Å². The summed E-state index contributed by atoms with van der Waals surface area (Å²) in [5.74, 6) is 2.02. The van der Waals surface area contributed by atoms with Gasteiger partial charge in [0.25, 0.3) is 0 Å². The second-order valence-electron chi connectivity index (χ2n) is 6.05. The molecule has 11 heteroatoms. The minimum Gasteiger partial charge on any atom is -0.616 e. The molecule has 0 spiro atoms. The van der Waals surface area contributed by atoms with Crippen LogP contribution < -0.4 is 9.64 Å². The third kappa shape index (κ3) is 4.21. The van der Waals surface area contributed by atoms with E-state index < -0.39 is 11.2 Å². The van der Waals surface area contributed by atoms with E-state index in [0.717, 1.165) is 5.56 Å². The van der Waals surface area contributed by atoms with E-state index in [1.807, 2.05) is 4.90 Å². The molecule has 0 aliphatic carbocycles. The minimum atomic E-state index is -0.804. The first-order valence-electron chi connectivity index (χ1n) is 8.36. The highest BCUT2D eigenvalue weighted by Gasteiger charge is 2.24. The number of aromatic nitrogens is 4. The van der Waals surface area contributed by atoms with Crippen molar-refractivity contribution in [3.63, 3.8) is 0 Å². The molecule has 1 saturated heterocycles. The molecular weight excluding hydrogens is 445 g/mol. The Hall–Kier alpha value is -1.58. The lowest BCUT2D eigenvalue weighted by molar-refractivity contribution is 0.297. The maximum absolute atomic E-state index is 11.7. The zero-order valence-corrected chi connectivity index (χ0v) is 17.5. The summed E-state index contributed by atoms with van der Waals surface area (Å²) in [4.78, 5) is 19.1. The lowest BCUT2D eigenvalue weighted by Gasteiger charge is -2.29. The van der Waals surface area contributed by atoms with Crippen LogP contribution in [0.25, 0.3) is 11.0 Å². The Kier molecular flexibility index (Phi) is 5.93. The molecule has 3 aromatic rings. The third-order valence-electron chi connectivity index (χ3n) is 4.26. The highest BCUT2D eigenvalue weighted by atomic mass is 35.5. The maximum atomic E-state index is 11.7. The van der Waals surface area contributed by atoms with Gasteiger partial charge in [0, 0.05) is 15.6 Å². The van der Waals surface area contributed by atoms with E-state index in [2.05, 4.69) is 19.9 Å². The molecular formula is C17H14Cl3N5O2S. The van der Waals surface area contributed by atoms with E-state index in [4.69, 9.17) is 39.5 Å². The molecule has 0 bridgehead atoms. The van der Waals surface area contributed by atoms with E-state index in [9.17, 15) is 4.55 Å². The number of anilines is 1. The standard InChI is InChI=1S/C17H14Cl3N5O2S/c18-11-2-1-10(12(19)7-11)8-27-16-14-13(21-9-22-16)15(24-17(20)23-14)25-3-5-28(26)6-4-25/h1-2,7,9H,3-6,8H2. The quantitative estimate of drug-likeness (QED) is 0.436. The molecule has 0 saturated carbocycles. The Morgan fingerprint density at radius 2 is 1.86 bits per heavy atom. The van der Waals surface area contributed by atoms with Crippen molar-refractivity contribution in [3.05, 3.63) is 45.4 Å². The van der Waals surface area contributed by atoms with E-state index in [1.54, 1.807) is 18.2 Å². The average molecular weight is 459 g/mol. The van der Waals surface area contributed by atoms with Crippen LogP contribution in [0.3, 0.4) is 0 Å². The number of halogens is 3. The molecule has 4 rings (SSSR count). The number of benzene rings is 1. The number of fused-ring (bicyclic) bond motifs is 1. The molecule has 1 aliphatic heterocycles. The summed E-state index contributed by atoms with van der Waals surface area (Å²) in [6, 6.07) is 5.17. The SMILES string of the molecule is [O-][S+]1CCN(c2nc(Cl)nc3c(OCc4ccc(Cl)cc4Cl)ncnc23)CC1. The topological polar surface area (TPSA) is 87.1 Å². The summed E-state index contributed by atoms with van der Waals surface area (Å²) < 4.78 is 17.5. The minimum absolute atomic E-state index is 0.0679. The molecule has 3 heterocycles. The molecule has 1 aliphatic rings. The molecule has 1 aromatic carbocycles. The number of rotatable bonds is 4. The molecule has 1 fully saturated rings. The smallest absolute Gasteiger partial charge is 0.244 e. The molecule has 28 heavy (non-hydrogen) atoms. The van der Waals surface area contributed by atoms with Crippen LogP contribution in [0.2, 0.25) is 15.3 Å². The van der Waals surface area contributed by atoms with Gasteiger partial charge in [-0.2, -0.15) is 9.97 Å². The highest BCUT2D eigenvalue weighted by molar-refractivity contribution is 7.91. The summed E-state index contributed by atoms with van der Waals surface area (Å²) in [5, 5.41) is 1.12. The van der Waals surface area contributed by atoms with Gasteiger partial charge in [-0.25, -0.2) is 9.97 Å². The molecule has 2 aromatic heterocycles. The Morgan fingerprint density at radius 1 is 1.07 bits per heavy atom. The van der Waals surface area contributed by atoms with Gasteiger partial charge in [-0.05, 0) is 23.7 Å². The fourth-order valence-electron chi connectivity index (χ4n) is 2.85. The van der Waals surface area contributed by atoms with Crippen LogP contribution in [0, 0.1) is 0 Å². The summed E-state index contributed by atoms with van der Waals surface area (Å²) in [7, 11) is 0. The van der Waals surface area contributed by atoms with Gasteiger partial charge in [0.2, 0.25) is 11.2 Å². The summed E-state index contributed by atoms with van der Waals surface area (Å²) in [5.41, 5.74) is 1.70. The van der Waals surface area contributed by atoms with Gasteiger partial charge in [-0.1, -0.05) is 40.4 Å². The van der Waals surface area contributed by atoms with Crippen LogP contribution in [0.1, 0.15) is 5.56 Å². The number of hydrogen-bond acceptors (Lipinski definition) is 7. The molecule has 0 amide bonds. The molecule has 0 atom stereocenters. The summed E-state index contributed by atoms with van der Waals surface area (Å²) in [6.45, 7) is 1.40. The number of nitrogens with zero attached hydrogens (tertiary/aromatic N) is 5. The molecule has 0 unspecified atom stereocenters. The van der Waals surface area contributed by atoms with Crippen molar-refractivity contribution >= 4 is 62.8 Å². The lowest BCUT2D eigenvalue weighted by atomic mass is 10.2. The van der Waals surface area contributed by atoms with Gasteiger partial charge >= 0.3 is 0 Å². The van der Waals surface area contributed by atoms with Crippen LogP contribution in [-0.2, 0) is 17.8 Å². The van der Waals surface area contributed by atoms with Gasteiger partial charge < -0.3 is 14.2 Å². The fourth-order valence-corrected chi connectivity index (χ4v) is 4.53. The van der Waals surface area contributed by atoms with E-state index in [-0.39, 0.29) is 17.8 Å². The van der Waals surface area contributed by atoms with Crippen LogP contribution in [-0.4, -0.2) is 49.1 Å². The lowest BCUT2D eigenvalue weighted by Crippen LogP contribution is -2.41. The molecule has 0 N–H and O–H groups in total. The molecule has 146 valence electrons. The summed E-state index contributed by atoms with van der Waals surface area (Å²) >= 11 is 17.5. The molecule has 0 radical (unpaired) electrons. The van der Waals surface area contributed by atoms with Crippen molar-refractivity contribution in [3.8, 4) is 5.88 Å². The van der Waals surface area contributed by atoms with Crippen molar-refractivity contribution in [1.82, 2.24) is 19.9 Å². The fraction of sp³-hybridized carbons (Fsp3) is 0.294. The Bertz CT molecular complexity index is 1020. The first-order valence-corrected chi connectivity index (χ1v) is 11.0. The Balaban J connectivity index is 1.66. The highest BCUT2D eigenvalue weighted by Crippen LogP contribution is 2.30. The van der Waals surface area contributed by atoms with Crippen molar-refractivity contribution in [2.75, 3.05) is 29.5 Å². The molecule has 7 nitrogen and oxygen atoms in total. The predicted molar refractivity (Wildman–Crippen MR) is 111 cm³/mol. The normalized spacial score (nSPS) is 15.2. The Morgan fingerprint density at radius 3 is 2.61 bits per heavy atom. The number of ether oxygens (including phenoxy) is 1. The maximum Gasteiger partial charge on any atom is 0.244 e.